The summed E-state index contributed by atoms with van der Waals surface area (Å²) in [6, 6.07) is -0.630. The first-order chi connectivity index (χ1) is 6.07. The van der Waals surface area contributed by atoms with Crippen LogP contribution in [0, 0.1) is 0 Å². The molecule has 0 aromatic heterocycles. The van der Waals surface area contributed by atoms with Crippen molar-refractivity contribution < 1.29 is 39.5 Å². The Labute approximate surface area is 105 Å². The van der Waals surface area contributed by atoms with Crippen molar-refractivity contribution in [2.45, 2.75) is 18.9 Å². The fraction of sp³-hybridized carbons (Fsp3) is 0.714. The maximum absolute atomic E-state index is 10.4. The van der Waals surface area contributed by atoms with Crippen molar-refractivity contribution >= 4 is 11.9 Å². The minimum atomic E-state index is -1.10. The minimum Gasteiger partial charge on any atom is -0.548 e. The summed E-state index contributed by atoms with van der Waals surface area (Å²) < 4.78 is 0. The van der Waals surface area contributed by atoms with Crippen molar-refractivity contribution in [3.05, 3.63) is 0 Å². The Morgan fingerprint density at radius 2 is 2.14 bits per heavy atom. The molecule has 0 amide bonds. The molecule has 0 heterocycles. The van der Waals surface area contributed by atoms with E-state index >= 15 is 0 Å². The van der Waals surface area contributed by atoms with Gasteiger partial charge in [-0.1, -0.05) is 0 Å². The molecule has 0 aromatic carbocycles. The Bertz CT molecular complexity index is 194. The predicted molar refractivity (Wildman–Crippen MR) is 47.8 cm³/mol. The molecule has 0 radical (unpaired) electrons. The molecule has 76 valence electrons. The van der Waals surface area contributed by atoms with Gasteiger partial charge < -0.3 is 26.7 Å². The van der Waals surface area contributed by atoms with Gasteiger partial charge in [0.2, 0.25) is 0 Å². The van der Waals surface area contributed by atoms with Crippen LogP contribution in [0.1, 0.15) is 12.8 Å². The molecule has 0 aliphatic rings. The van der Waals surface area contributed by atoms with E-state index < -0.39 is 12.0 Å². The maximum atomic E-state index is 10.4. The second-order valence-corrected chi connectivity index (χ2v) is 2.61. The van der Waals surface area contributed by atoms with Crippen molar-refractivity contribution in [3.8, 4) is 0 Å². The van der Waals surface area contributed by atoms with E-state index in [4.69, 9.17) is 11.5 Å². The number of rotatable bonds is 6. The van der Waals surface area contributed by atoms with Crippen LogP contribution in [0.4, 0.5) is 0 Å². The Kier molecular flexibility index (Phi) is 10.7. The number of carboxylic acids is 1. The van der Waals surface area contributed by atoms with Gasteiger partial charge in [-0.3, -0.25) is 4.99 Å². The number of carboxylic acid groups (broad SMARTS) is 1. The Balaban J connectivity index is 0. The zero-order valence-corrected chi connectivity index (χ0v) is 10.6. The Morgan fingerprint density at radius 1 is 1.57 bits per heavy atom. The van der Waals surface area contributed by atoms with Gasteiger partial charge in [0.1, 0.15) is 0 Å². The third-order valence-electron chi connectivity index (χ3n) is 1.58. The zero-order chi connectivity index (χ0) is 10.3. The van der Waals surface area contributed by atoms with E-state index in [1.807, 2.05) is 0 Å². The fourth-order valence-corrected chi connectivity index (χ4v) is 0.884. The number of hydrogen-bond donors (Lipinski definition) is 3. The molecule has 7 heteroatoms. The van der Waals surface area contributed by atoms with Crippen molar-refractivity contribution in [1.82, 2.24) is 5.32 Å². The second-order valence-electron chi connectivity index (χ2n) is 2.61. The van der Waals surface area contributed by atoms with E-state index in [2.05, 4.69) is 10.3 Å². The average Bonchev–Trinajstić information content (AvgIpc) is 2.03. The van der Waals surface area contributed by atoms with E-state index in [0.29, 0.717) is 19.4 Å². The predicted octanol–water partition coefficient (Wildman–Crippen LogP) is -5.62. The number of carbonyl (C=O) groups excluding carboxylic acids is 1. The van der Waals surface area contributed by atoms with E-state index in [9.17, 15) is 9.90 Å². The second kappa shape index (κ2) is 9.26. The minimum absolute atomic E-state index is 0. The average molecular weight is 210 g/mol. The summed E-state index contributed by atoms with van der Waals surface area (Å²) in [7, 11) is 1.57. The summed E-state index contributed by atoms with van der Waals surface area (Å²) in [5.41, 5.74) is 10.2. The van der Waals surface area contributed by atoms with Gasteiger partial charge in [-0.05, 0) is 19.9 Å². The number of hydrogen-bond acceptors (Lipinski definition) is 4. The van der Waals surface area contributed by atoms with Gasteiger partial charge in [0.15, 0.2) is 5.96 Å². The number of carbonyl (C=O) groups is 1. The number of nitrogens with one attached hydrogen (secondary N) is 1. The van der Waals surface area contributed by atoms with Gasteiger partial charge >= 0.3 is 29.6 Å². The molecule has 5 N–H and O–H groups in total. The molecule has 0 saturated carbocycles. The Morgan fingerprint density at radius 3 is 2.50 bits per heavy atom. The fourth-order valence-electron chi connectivity index (χ4n) is 0.884. The molecule has 0 aliphatic carbocycles. The van der Waals surface area contributed by atoms with Gasteiger partial charge in [-0.2, -0.15) is 0 Å². The van der Waals surface area contributed by atoms with Crippen molar-refractivity contribution in [2.24, 2.45) is 16.5 Å². The summed E-state index contributed by atoms with van der Waals surface area (Å²) in [4.78, 5) is 14.1. The van der Waals surface area contributed by atoms with Gasteiger partial charge in [-0.15, -0.1) is 0 Å². The van der Waals surface area contributed by atoms with Gasteiger partial charge in [-0.25, -0.2) is 0 Å². The first-order valence-electron chi connectivity index (χ1n) is 4.01. The zero-order valence-electron chi connectivity index (χ0n) is 8.62. The van der Waals surface area contributed by atoms with E-state index in [-0.39, 0.29) is 35.5 Å². The molecule has 6 nitrogen and oxygen atoms in total. The van der Waals surface area contributed by atoms with Crippen LogP contribution in [-0.4, -0.2) is 31.6 Å². The molecule has 0 spiro atoms. The van der Waals surface area contributed by atoms with Crippen molar-refractivity contribution in [2.75, 3.05) is 13.6 Å². The van der Waals surface area contributed by atoms with Gasteiger partial charge in [0.05, 0.1) is 5.97 Å². The number of nitrogens with zero attached hydrogens (tertiary/aromatic N) is 1. The number of guanidine groups is 1. The largest absolute Gasteiger partial charge is 1.00 e. The molecular weight excluding hydrogens is 195 g/mol. The first-order valence-corrected chi connectivity index (χ1v) is 4.01. The molecule has 14 heavy (non-hydrogen) atoms. The molecule has 0 fully saturated rings. The first kappa shape index (κ1) is 16.1. The van der Waals surface area contributed by atoms with Crippen LogP contribution in [0.15, 0.2) is 4.99 Å². The number of nitrogens with two attached hydrogens (primary N) is 2. The van der Waals surface area contributed by atoms with Crippen LogP contribution in [0.5, 0.6) is 0 Å². The molecule has 0 rings (SSSR count). The number of likely N-dealkylation sites (N-methyl/N-ethyl adjacent to an activating group) is 1. The van der Waals surface area contributed by atoms with Crippen LogP contribution in [0.25, 0.3) is 0 Å². The Hall–Kier alpha value is -0.300. The maximum Gasteiger partial charge on any atom is 1.00 e. The molecule has 1 unspecified atom stereocenters. The van der Waals surface area contributed by atoms with Crippen LogP contribution < -0.4 is 51.4 Å². The summed E-state index contributed by atoms with van der Waals surface area (Å²) in [6.07, 6.45) is 1.06. The summed E-state index contributed by atoms with van der Waals surface area (Å²) in [6.45, 7) is 0.438. The third-order valence-corrected chi connectivity index (χ3v) is 1.58. The molecule has 0 aromatic rings. The number of aliphatic carboxylic acids is 1. The summed E-state index contributed by atoms with van der Waals surface area (Å²) in [5, 5.41) is 13.0. The molecule has 0 saturated heterocycles. The molecule has 1 atom stereocenters. The summed E-state index contributed by atoms with van der Waals surface area (Å²) in [5.74, 6) is -1.08. The van der Waals surface area contributed by atoms with E-state index in [1.165, 1.54) is 0 Å². The van der Waals surface area contributed by atoms with Crippen molar-refractivity contribution in [3.63, 3.8) is 0 Å². The van der Waals surface area contributed by atoms with Gasteiger partial charge in [0.25, 0.3) is 0 Å². The molecular formula is C7H15N4NaO2. The van der Waals surface area contributed by atoms with Crippen LogP contribution in [0.3, 0.4) is 0 Å². The molecule has 0 bridgehead atoms. The monoisotopic (exact) mass is 210 g/mol. The topological polar surface area (TPSA) is 117 Å². The quantitative estimate of drug-likeness (QED) is 0.175. The van der Waals surface area contributed by atoms with Crippen LogP contribution in [0.2, 0.25) is 0 Å². The summed E-state index contributed by atoms with van der Waals surface area (Å²) >= 11 is 0. The normalized spacial score (nSPS) is 11.2. The van der Waals surface area contributed by atoms with Gasteiger partial charge in [0, 0.05) is 12.6 Å². The van der Waals surface area contributed by atoms with E-state index in [0.717, 1.165) is 0 Å². The van der Waals surface area contributed by atoms with Crippen LogP contribution >= 0.6 is 0 Å². The third kappa shape index (κ3) is 8.31. The SMILES string of the molecule is CNC(CCCN=C(N)N)C(=O)[O-].[Na+]. The smallest absolute Gasteiger partial charge is 0.548 e. The van der Waals surface area contributed by atoms with E-state index in [1.54, 1.807) is 7.05 Å². The van der Waals surface area contributed by atoms with Crippen LogP contribution in [-0.2, 0) is 4.79 Å². The molecule has 0 aliphatic heterocycles. The standard InChI is InChI=1S/C7H16N4O2.Na/c1-10-5(6(12)13)3-2-4-11-7(8)9;/h5,10H,2-4H2,1H3,(H,12,13)(H4,8,9,11);/q;+1/p-1. The number of aliphatic imine (C=N–C) groups is 1. The van der Waals surface area contributed by atoms with Crippen molar-refractivity contribution in [1.29, 1.82) is 0 Å².